The van der Waals surface area contributed by atoms with Gasteiger partial charge in [0.1, 0.15) is 4.90 Å². The summed E-state index contributed by atoms with van der Waals surface area (Å²) in [5.74, 6) is -0.162. The molecule has 0 aliphatic rings. The molecule has 1 heterocycles. The van der Waals surface area contributed by atoms with Gasteiger partial charge in [0.25, 0.3) is 0 Å². The van der Waals surface area contributed by atoms with Crippen LogP contribution in [0.4, 0.5) is 0 Å². The van der Waals surface area contributed by atoms with Gasteiger partial charge in [-0.1, -0.05) is 6.92 Å². The number of H-pyrrole nitrogens is 1. The third kappa shape index (κ3) is 4.32. The van der Waals surface area contributed by atoms with Crippen LogP contribution in [0.2, 0.25) is 0 Å². The maximum absolute atomic E-state index is 12.0. The highest BCUT2D eigenvalue weighted by molar-refractivity contribution is 7.89. The molecule has 1 rings (SSSR count). The van der Waals surface area contributed by atoms with Gasteiger partial charge in [-0.2, -0.15) is 5.10 Å². The molecule has 0 aliphatic heterocycles. The monoisotopic (exact) mass is 288 g/mol. The molecule has 19 heavy (non-hydrogen) atoms. The molecule has 0 aromatic carbocycles. The van der Waals surface area contributed by atoms with Gasteiger partial charge >= 0.3 is 0 Å². The number of sulfonamides is 1. The molecule has 1 amide bonds. The van der Waals surface area contributed by atoms with Crippen molar-refractivity contribution in [2.45, 2.75) is 38.5 Å². The molecule has 0 saturated heterocycles. The molecule has 0 atom stereocenters. The first-order chi connectivity index (χ1) is 8.88. The topological polar surface area (TPSA) is 104 Å². The zero-order valence-electron chi connectivity index (χ0n) is 11.4. The molecule has 0 saturated carbocycles. The van der Waals surface area contributed by atoms with E-state index >= 15 is 0 Å². The molecule has 0 bridgehead atoms. The molecule has 1 aromatic rings. The molecule has 3 N–H and O–H groups in total. The number of rotatable bonds is 7. The van der Waals surface area contributed by atoms with Crippen LogP contribution in [0.15, 0.2) is 4.90 Å². The zero-order valence-corrected chi connectivity index (χ0v) is 12.2. The summed E-state index contributed by atoms with van der Waals surface area (Å²) in [5.41, 5.74) is 0.904. The Morgan fingerprint density at radius 1 is 1.32 bits per heavy atom. The standard InChI is InChI=1S/C11H20N4O3S/c1-4-6-12-10(16)5-7-13-19(17,18)11-8(2)14-15-9(11)3/h13H,4-7H2,1-3H3,(H,12,16)(H,14,15). The van der Waals surface area contributed by atoms with Crippen LogP contribution in [-0.4, -0.2) is 37.6 Å². The highest BCUT2D eigenvalue weighted by Gasteiger charge is 2.21. The fraction of sp³-hybridized carbons (Fsp3) is 0.636. The lowest BCUT2D eigenvalue weighted by Crippen LogP contribution is -2.31. The predicted octanol–water partition coefficient (Wildman–Crippen LogP) is 0.221. The SMILES string of the molecule is CCCNC(=O)CCNS(=O)(=O)c1c(C)n[nH]c1C. The van der Waals surface area contributed by atoms with Gasteiger partial charge in [0, 0.05) is 19.5 Å². The summed E-state index contributed by atoms with van der Waals surface area (Å²) >= 11 is 0. The van der Waals surface area contributed by atoms with Crippen molar-refractivity contribution < 1.29 is 13.2 Å². The van der Waals surface area contributed by atoms with E-state index in [0.29, 0.717) is 17.9 Å². The van der Waals surface area contributed by atoms with Crippen molar-refractivity contribution in [1.82, 2.24) is 20.2 Å². The lowest BCUT2D eigenvalue weighted by molar-refractivity contribution is -0.120. The van der Waals surface area contributed by atoms with E-state index in [1.54, 1.807) is 13.8 Å². The first-order valence-corrected chi connectivity index (χ1v) is 7.64. The number of amides is 1. The summed E-state index contributed by atoms with van der Waals surface area (Å²) in [7, 11) is -3.62. The molecule has 0 fully saturated rings. The van der Waals surface area contributed by atoms with Gasteiger partial charge in [0.2, 0.25) is 15.9 Å². The maximum Gasteiger partial charge on any atom is 0.244 e. The zero-order chi connectivity index (χ0) is 14.5. The van der Waals surface area contributed by atoms with Crippen LogP contribution in [0.3, 0.4) is 0 Å². The quantitative estimate of drug-likeness (QED) is 0.667. The summed E-state index contributed by atoms with van der Waals surface area (Å²) in [5, 5.41) is 9.15. The van der Waals surface area contributed by atoms with Crippen LogP contribution < -0.4 is 10.0 Å². The summed E-state index contributed by atoms with van der Waals surface area (Å²) in [6.45, 7) is 5.88. The Hall–Kier alpha value is -1.41. The van der Waals surface area contributed by atoms with Gasteiger partial charge in [0.05, 0.1) is 11.4 Å². The van der Waals surface area contributed by atoms with Crippen LogP contribution >= 0.6 is 0 Å². The minimum Gasteiger partial charge on any atom is -0.356 e. The summed E-state index contributed by atoms with van der Waals surface area (Å²) in [6.07, 6.45) is 0.972. The largest absolute Gasteiger partial charge is 0.356 e. The number of aryl methyl sites for hydroxylation is 2. The Morgan fingerprint density at radius 2 is 2.00 bits per heavy atom. The van der Waals surface area contributed by atoms with Crippen LogP contribution in [0.1, 0.15) is 31.2 Å². The Labute approximate surface area is 113 Å². The van der Waals surface area contributed by atoms with E-state index < -0.39 is 10.0 Å². The highest BCUT2D eigenvalue weighted by Crippen LogP contribution is 2.15. The Kier molecular flexibility index (Phi) is 5.49. The second kappa shape index (κ2) is 6.67. The average molecular weight is 288 g/mol. The maximum atomic E-state index is 12.0. The minimum absolute atomic E-state index is 0.0714. The van der Waals surface area contributed by atoms with Crippen molar-refractivity contribution in [1.29, 1.82) is 0 Å². The van der Waals surface area contributed by atoms with Gasteiger partial charge in [0.15, 0.2) is 0 Å². The second-order valence-corrected chi connectivity index (χ2v) is 5.96. The van der Waals surface area contributed by atoms with E-state index in [1.807, 2.05) is 6.92 Å². The predicted molar refractivity (Wildman–Crippen MR) is 71.2 cm³/mol. The number of nitrogens with one attached hydrogen (secondary N) is 3. The molecule has 108 valence electrons. The highest BCUT2D eigenvalue weighted by atomic mass is 32.2. The number of aromatic amines is 1. The molecule has 0 aliphatic carbocycles. The Bertz CT molecular complexity index is 517. The Morgan fingerprint density at radius 3 is 2.53 bits per heavy atom. The van der Waals surface area contributed by atoms with Gasteiger partial charge in [-0.3, -0.25) is 9.89 Å². The second-order valence-electron chi connectivity index (χ2n) is 4.26. The number of hydrogen-bond donors (Lipinski definition) is 3. The van der Waals surface area contributed by atoms with Crippen LogP contribution in [0, 0.1) is 13.8 Å². The third-order valence-corrected chi connectivity index (χ3v) is 4.27. The average Bonchev–Trinajstić information content (AvgIpc) is 2.66. The van der Waals surface area contributed by atoms with Gasteiger partial charge in [-0.05, 0) is 20.3 Å². The van der Waals surface area contributed by atoms with Crippen molar-refractivity contribution in [2.75, 3.05) is 13.1 Å². The number of carbonyl (C=O) groups is 1. The molecule has 0 spiro atoms. The van der Waals surface area contributed by atoms with Gasteiger partial charge in [-0.25, -0.2) is 13.1 Å². The minimum atomic E-state index is -3.62. The number of aromatic nitrogens is 2. The van der Waals surface area contributed by atoms with E-state index in [0.717, 1.165) is 6.42 Å². The van der Waals surface area contributed by atoms with E-state index in [2.05, 4.69) is 20.2 Å². The van der Waals surface area contributed by atoms with Crippen LogP contribution in [0.5, 0.6) is 0 Å². The number of nitrogens with zero attached hydrogens (tertiary/aromatic N) is 1. The molecule has 8 heteroatoms. The van der Waals surface area contributed by atoms with Crippen LogP contribution in [-0.2, 0) is 14.8 Å². The lowest BCUT2D eigenvalue weighted by atomic mass is 10.4. The van der Waals surface area contributed by atoms with E-state index in [1.165, 1.54) is 0 Å². The van der Waals surface area contributed by atoms with Crippen molar-refractivity contribution in [3.8, 4) is 0 Å². The molecular formula is C11H20N4O3S. The molecular weight excluding hydrogens is 268 g/mol. The van der Waals surface area contributed by atoms with E-state index in [-0.39, 0.29) is 23.8 Å². The van der Waals surface area contributed by atoms with Crippen molar-refractivity contribution in [2.24, 2.45) is 0 Å². The number of carbonyl (C=O) groups excluding carboxylic acids is 1. The molecule has 0 radical (unpaired) electrons. The van der Waals surface area contributed by atoms with Crippen molar-refractivity contribution in [3.63, 3.8) is 0 Å². The first kappa shape index (κ1) is 15.6. The summed E-state index contributed by atoms with van der Waals surface area (Å²) in [6, 6.07) is 0. The molecule has 7 nitrogen and oxygen atoms in total. The van der Waals surface area contributed by atoms with Crippen LogP contribution in [0.25, 0.3) is 0 Å². The normalized spacial score (nSPS) is 11.5. The smallest absolute Gasteiger partial charge is 0.244 e. The number of hydrogen-bond acceptors (Lipinski definition) is 4. The van der Waals surface area contributed by atoms with Crippen molar-refractivity contribution >= 4 is 15.9 Å². The fourth-order valence-corrected chi connectivity index (χ4v) is 3.06. The Balaban J connectivity index is 2.55. The fourth-order valence-electron chi connectivity index (χ4n) is 1.66. The van der Waals surface area contributed by atoms with E-state index in [9.17, 15) is 13.2 Å². The van der Waals surface area contributed by atoms with Gasteiger partial charge < -0.3 is 5.32 Å². The third-order valence-electron chi connectivity index (χ3n) is 2.55. The van der Waals surface area contributed by atoms with Gasteiger partial charge in [-0.15, -0.1) is 0 Å². The summed E-state index contributed by atoms with van der Waals surface area (Å²) in [4.78, 5) is 11.5. The molecule has 1 aromatic heterocycles. The lowest BCUT2D eigenvalue weighted by Gasteiger charge is -2.07. The van der Waals surface area contributed by atoms with Crippen molar-refractivity contribution in [3.05, 3.63) is 11.4 Å². The van der Waals surface area contributed by atoms with E-state index in [4.69, 9.17) is 0 Å². The molecule has 0 unspecified atom stereocenters. The first-order valence-electron chi connectivity index (χ1n) is 6.16. The summed E-state index contributed by atoms with van der Waals surface area (Å²) < 4.78 is 26.5.